The summed E-state index contributed by atoms with van der Waals surface area (Å²) in [5.74, 6) is 3.41. The lowest BCUT2D eigenvalue weighted by Gasteiger charge is -2.13. The lowest BCUT2D eigenvalue weighted by Crippen LogP contribution is -2.38. The number of rotatable bonds is 12. The molecule has 2 aliphatic carbocycles. The van der Waals surface area contributed by atoms with E-state index < -0.39 is 0 Å². The summed E-state index contributed by atoms with van der Waals surface area (Å²) >= 11 is 0. The van der Waals surface area contributed by atoms with Crippen LogP contribution in [0.25, 0.3) is 0 Å². The lowest BCUT2D eigenvalue weighted by molar-refractivity contribution is 0.123. The van der Waals surface area contributed by atoms with Crippen LogP contribution in [-0.4, -0.2) is 38.9 Å². The van der Waals surface area contributed by atoms with Gasteiger partial charge in [-0.25, -0.2) is 4.99 Å². The van der Waals surface area contributed by atoms with Gasteiger partial charge in [0.25, 0.3) is 0 Å². The lowest BCUT2D eigenvalue weighted by atomic mass is 10.2. The van der Waals surface area contributed by atoms with Crippen molar-refractivity contribution in [3.05, 3.63) is 29.8 Å². The molecule has 2 fully saturated rings. The smallest absolute Gasteiger partial charge is 0.191 e. The molecule has 5 nitrogen and oxygen atoms in total. The minimum absolute atomic E-state index is 0.619. The number of nitrogens with one attached hydrogen (secondary N) is 2. The van der Waals surface area contributed by atoms with E-state index in [0.29, 0.717) is 6.54 Å². The first-order valence-electron chi connectivity index (χ1n) is 10.2. The van der Waals surface area contributed by atoms with Crippen LogP contribution >= 0.6 is 0 Å². The molecule has 2 aliphatic rings. The van der Waals surface area contributed by atoms with Crippen molar-refractivity contribution in [3.8, 4) is 5.75 Å². The number of hydrogen-bond acceptors (Lipinski definition) is 3. The number of aliphatic imine (C=N–C) groups is 1. The van der Waals surface area contributed by atoms with Gasteiger partial charge in [-0.3, -0.25) is 0 Å². The first-order valence-corrected chi connectivity index (χ1v) is 10.2. The van der Waals surface area contributed by atoms with Gasteiger partial charge in [0.05, 0.1) is 13.2 Å². The topological polar surface area (TPSA) is 54.9 Å². The SMILES string of the molecule is CCNC(=NCc1ccccc1OCC1CC1)NCCCOCC1CC1. The number of ether oxygens (including phenoxy) is 2. The first kappa shape index (κ1) is 19.0. The molecule has 144 valence electrons. The molecule has 5 heteroatoms. The number of nitrogens with zero attached hydrogens (tertiary/aromatic N) is 1. The molecule has 0 heterocycles. The molecule has 0 aliphatic heterocycles. The molecule has 2 saturated carbocycles. The highest BCUT2D eigenvalue weighted by molar-refractivity contribution is 5.79. The zero-order valence-corrected chi connectivity index (χ0v) is 16.0. The summed E-state index contributed by atoms with van der Waals surface area (Å²) in [4.78, 5) is 4.72. The van der Waals surface area contributed by atoms with Crippen molar-refractivity contribution < 1.29 is 9.47 Å². The van der Waals surface area contributed by atoms with Gasteiger partial charge in [-0.1, -0.05) is 18.2 Å². The average Bonchev–Trinajstić information content (AvgIpc) is 3.55. The van der Waals surface area contributed by atoms with E-state index in [-0.39, 0.29) is 0 Å². The molecule has 1 aromatic carbocycles. The normalized spacial score (nSPS) is 17.2. The van der Waals surface area contributed by atoms with Crippen LogP contribution in [0.4, 0.5) is 0 Å². The van der Waals surface area contributed by atoms with Crippen molar-refractivity contribution in [2.45, 2.75) is 45.6 Å². The average molecular weight is 360 g/mol. The molecule has 3 rings (SSSR count). The number of para-hydroxylation sites is 1. The van der Waals surface area contributed by atoms with Crippen molar-refractivity contribution in [3.63, 3.8) is 0 Å². The Labute approximate surface area is 157 Å². The summed E-state index contributed by atoms with van der Waals surface area (Å²) in [6, 6.07) is 8.22. The molecule has 0 bridgehead atoms. The van der Waals surface area contributed by atoms with Gasteiger partial charge < -0.3 is 20.1 Å². The van der Waals surface area contributed by atoms with Crippen molar-refractivity contribution in [1.29, 1.82) is 0 Å². The third-order valence-corrected chi connectivity index (χ3v) is 4.70. The van der Waals surface area contributed by atoms with Crippen LogP contribution in [0.15, 0.2) is 29.3 Å². The molecule has 0 unspecified atom stereocenters. The van der Waals surface area contributed by atoms with Crippen molar-refractivity contribution in [2.75, 3.05) is 32.9 Å². The third-order valence-electron chi connectivity index (χ3n) is 4.70. The molecule has 1 aromatic rings. The Morgan fingerprint density at radius 3 is 2.62 bits per heavy atom. The molecule has 2 N–H and O–H groups in total. The molecule has 0 spiro atoms. The van der Waals surface area contributed by atoms with Gasteiger partial charge >= 0.3 is 0 Å². The quantitative estimate of drug-likeness (QED) is 0.341. The molecule has 0 atom stereocenters. The van der Waals surface area contributed by atoms with Crippen molar-refractivity contribution >= 4 is 5.96 Å². The van der Waals surface area contributed by atoms with Gasteiger partial charge in [-0.05, 0) is 56.9 Å². The van der Waals surface area contributed by atoms with Crippen LogP contribution in [-0.2, 0) is 11.3 Å². The standard InChI is InChI=1S/C21H33N3O2/c1-2-22-21(23-12-5-13-25-15-17-8-9-17)24-14-19-6-3-4-7-20(19)26-16-18-10-11-18/h3-4,6-7,17-18H,2,5,8-16H2,1H3,(H2,22,23,24). The van der Waals surface area contributed by atoms with E-state index in [0.717, 1.165) is 68.4 Å². The molecule has 26 heavy (non-hydrogen) atoms. The first-order chi connectivity index (χ1) is 12.8. The summed E-state index contributed by atoms with van der Waals surface area (Å²) in [7, 11) is 0. The summed E-state index contributed by atoms with van der Waals surface area (Å²) in [6.07, 6.45) is 6.30. The Kier molecular flexibility index (Phi) is 7.62. The van der Waals surface area contributed by atoms with Gasteiger partial charge in [0.1, 0.15) is 5.75 Å². The summed E-state index contributed by atoms with van der Waals surface area (Å²) < 4.78 is 11.7. The second-order valence-electron chi connectivity index (χ2n) is 7.36. The van der Waals surface area contributed by atoms with Gasteiger partial charge in [-0.2, -0.15) is 0 Å². The molecular formula is C21H33N3O2. The zero-order chi connectivity index (χ0) is 18.0. The Balaban J connectivity index is 1.41. The number of guanidine groups is 1. The molecule has 0 radical (unpaired) electrons. The molecule has 0 amide bonds. The Morgan fingerprint density at radius 1 is 1.08 bits per heavy atom. The predicted molar refractivity (Wildman–Crippen MR) is 106 cm³/mol. The molecule has 0 aromatic heterocycles. The van der Waals surface area contributed by atoms with Crippen LogP contribution < -0.4 is 15.4 Å². The van der Waals surface area contributed by atoms with E-state index in [9.17, 15) is 0 Å². The second-order valence-corrected chi connectivity index (χ2v) is 7.36. The maximum atomic E-state index is 5.98. The second kappa shape index (κ2) is 10.4. The van der Waals surface area contributed by atoms with Gasteiger partial charge in [0, 0.05) is 31.9 Å². The van der Waals surface area contributed by atoms with E-state index in [4.69, 9.17) is 14.5 Å². The largest absolute Gasteiger partial charge is 0.493 e. The summed E-state index contributed by atoms with van der Waals surface area (Å²) in [5.41, 5.74) is 1.14. The number of benzene rings is 1. The highest BCUT2D eigenvalue weighted by Gasteiger charge is 2.22. The molecule has 0 saturated heterocycles. The summed E-state index contributed by atoms with van der Waals surface area (Å²) in [6.45, 7) is 7.02. The predicted octanol–water partition coefficient (Wildman–Crippen LogP) is 3.35. The number of hydrogen-bond donors (Lipinski definition) is 2. The Morgan fingerprint density at radius 2 is 1.85 bits per heavy atom. The maximum Gasteiger partial charge on any atom is 0.191 e. The van der Waals surface area contributed by atoms with E-state index in [1.807, 2.05) is 18.2 Å². The van der Waals surface area contributed by atoms with Crippen LogP contribution in [0.5, 0.6) is 5.75 Å². The van der Waals surface area contributed by atoms with E-state index in [1.54, 1.807) is 0 Å². The fourth-order valence-electron chi connectivity index (χ4n) is 2.69. The van der Waals surface area contributed by atoms with Crippen LogP contribution in [0.2, 0.25) is 0 Å². The van der Waals surface area contributed by atoms with Gasteiger partial charge in [-0.15, -0.1) is 0 Å². The molecular weight excluding hydrogens is 326 g/mol. The maximum absolute atomic E-state index is 5.98. The fourth-order valence-corrected chi connectivity index (χ4v) is 2.69. The summed E-state index contributed by atoms with van der Waals surface area (Å²) in [5, 5.41) is 6.70. The fraction of sp³-hybridized carbons (Fsp3) is 0.667. The van der Waals surface area contributed by atoms with E-state index in [1.165, 1.54) is 25.7 Å². The van der Waals surface area contributed by atoms with Crippen molar-refractivity contribution in [1.82, 2.24) is 10.6 Å². The van der Waals surface area contributed by atoms with Gasteiger partial charge in [0.2, 0.25) is 0 Å². The highest BCUT2D eigenvalue weighted by Crippen LogP contribution is 2.30. The van der Waals surface area contributed by atoms with Crippen LogP contribution in [0.3, 0.4) is 0 Å². The highest BCUT2D eigenvalue weighted by atomic mass is 16.5. The van der Waals surface area contributed by atoms with Crippen LogP contribution in [0.1, 0.15) is 44.6 Å². The van der Waals surface area contributed by atoms with E-state index >= 15 is 0 Å². The third kappa shape index (κ3) is 7.24. The van der Waals surface area contributed by atoms with Crippen LogP contribution in [0, 0.1) is 11.8 Å². The van der Waals surface area contributed by atoms with Gasteiger partial charge in [0.15, 0.2) is 5.96 Å². The van der Waals surface area contributed by atoms with E-state index in [2.05, 4.69) is 23.6 Å². The minimum atomic E-state index is 0.619. The van der Waals surface area contributed by atoms with Crippen molar-refractivity contribution in [2.24, 2.45) is 16.8 Å². The Hall–Kier alpha value is -1.75. The Bertz CT molecular complexity index is 568. The zero-order valence-electron chi connectivity index (χ0n) is 16.0. The minimum Gasteiger partial charge on any atom is -0.493 e. The monoisotopic (exact) mass is 359 g/mol.